The van der Waals surface area contributed by atoms with E-state index in [-0.39, 0.29) is 30.5 Å². The summed E-state index contributed by atoms with van der Waals surface area (Å²) in [5, 5.41) is 2.76. The Bertz CT molecular complexity index is 663. The number of piperidine rings is 1. The van der Waals surface area contributed by atoms with Crippen molar-refractivity contribution in [1.82, 2.24) is 10.2 Å². The van der Waals surface area contributed by atoms with Crippen LogP contribution in [0.1, 0.15) is 44.0 Å². The van der Waals surface area contributed by atoms with Crippen LogP contribution in [0.25, 0.3) is 0 Å². The Balaban J connectivity index is 2.10. The largest absolute Gasteiger partial charge is 0.493 e. The second kappa shape index (κ2) is 9.60. The van der Waals surface area contributed by atoms with Gasteiger partial charge in [-0.05, 0) is 50.8 Å². The van der Waals surface area contributed by atoms with Gasteiger partial charge >= 0.3 is 0 Å². The SMILES string of the molecule is COc1cc(C(=O)N2CCC(C)CC2CN)ccc1OCC(=O)NC(C)C. The maximum atomic E-state index is 13.0. The third kappa shape index (κ3) is 5.60. The molecule has 0 aliphatic carbocycles. The normalized spacial score (nSPS) is 19.7. The number of hydrogen-bond donors (Lipinski definition) is 2. The topological polar surface area (TPSA) is 93.9 Å². The van der Waals surface area contributed by atoms with Gasteiger partial charge in [0.15, 0.2) is 18.1 Å². The highest BCUT2D eigenvalue weighted by molar-refractivity contribution is 5.95. The van der Waals surface area contributed by atoms with Crippen molar-refractivity contribution in [3.8, 4) is 11.5 Å². The zero-order valence-corrected chi connectivity index (χ0v) is 16.7. The molecule has 2 amide bonds. The van der Waals surface area contributed by atoms with E-state index in [1.807, 2.05) is 18.7 Å². The first-order valence-corrected chi connectivity index (χ1v) is 9.47. The summed E-state index contributed by atoms with van der Waals surface area (Å²) in [6.45, 7) is 7.01. The molecule has 2 atom stereocenters. The fourth-order valence-electron chi connectivity index (χ4n) is 3.34. The zero-order chi connectivity index (χ0) is 20.0. The molecule has 2 rings (SSSR count). The summed E-state index contributed by atoms with van der Waals surface area (Å²) in [5.41, 5.74) is 6.40. The molecule has 150 valence electrons. The minimum Gasteiger partial charge on any atom is -0.493 e. The summed E-state index contributed by atoms with van der Waals surface area (Å²) in [4.78, 5) is 26.6. The van der Waals surface area contributed by atoms with Gasteiger partial charge in [-0.25, -0.2) is 0 Å². The van der Waals surface area contributed by atoms with Gasteiger partial charge in [-0.2, -0.15) is 0 Å². The smallest absolute Gasteiger partial charge is 0.258 e. The molecule has 1 heterocycles. The van der Waals surface area contributed by atoms with E-state index < -0.39 is 0 Å². The van der Waals surface area contributed by atoms with Crippen molar-refractivity contribution in [2.24, 2.45) is 11.7 Å². The van der Waals surface area contributed by atoms with Gasteiger partial charge in [-0.15, -0.1) is 0 Å². The van der Waals surface area contributed by atoms with Gasteiger partial charge in [0.25, 0.3) is 11.8 Å². The van der Waals surface area contributed by atoms with Crippen molar-refractivity contribution in [3.05, 3.63) is 23.8 Å². The molecular weight excluding hydrogens is 346 g/mol. The molecule has 1 saturated heterocycles. The number of benzene rings is 1. The van der Waals surface area contributed by atoms with Crippen molar-refractivity contribution < 1.29 is 19.1 Å². The highest BCUT2D eigenvalue weighted by Gasteiger charge is 2.30. The van der Waals surface area contributed by atoms with Crippen LogP contribution in [0, 0.1) is 5.92 Å². The van der Waals surface area contributed by atoms with Gasteiger partial charge in [0.05, 0.1) is 7.11 Å². The summed E-state index contributed by atoms with van der Waals surface area (Å²) < 4.78 is 10.9. The monoisotopic (exact) mass is 377 g/mol. The molecule has 0 radical (unpaired) electrons. The predicted octanol–water partition coefficient (Wildman–Crippen LogP) is 1.80. The molecule has 1 aliphatic rings. The number of methoxy groups -OCH3 is 1. The Kier molecular flexibility index (Phi) is 7.47. The number of ether oxygens (including phenoxy) is 2. The molecule has 1 aliphatic heterocycles. The number of nitrogens with one attached hydrogen (secondary N) is 1. The Morgan fingerprint density at radius 3 is 2.70 bits per heavy atom. The maximum Gasteiger partial charge on any atom is 0.258 e. The van der Waals surface area contributed by atoms with E-state index in [2.05, 4.69) is 12.2 Å². The van der Waals surface area contributed by atoms with Gasteiger partial charge in [-0.3, -0.25) is 9.59 Å². The van der Waals surface area contributed by atoms with Gasteiger partial charge in [0.1, 0.15) is 0 Å². The lowest BCUT2D eigenvalue weighted by Gasteiger charge is -2.38. The van der Waals surface area contributed by atoms with Crippen LogP contribution in [0.3, 0.4) is 0 Å². The van der Waals surface area contributed by atoms with Gasteiger partial charge < -0.3 is 25.4 Å². The lowest BCUT2D eigenvalue weighted by atomic mass is 9.92. The van der Waals surface area contributed by atoms with Crippen molar-refractivity contribution in [1.29, 1.82) is 0 Å². The summed E-state index contributed by atoms with van der Waals surface area (Å²) in [5.74, 6) is 1.16. The number of carbonyl (C=O) groups is 2. The highest BCUT2D eigenvalue weighted by Crippen LogP contribution is 2.30. The van der Waals surface area contributed by atoms with Crippen LogP contribution >= 0.6 is 0 Å². The molecule has 1 aromatic rings. The van der Waals surface area contributed by atoms with Crippen LogP contribution in [0.2, 0.25) is 0 Å². The van der Waals surface area contributed by atoms with Crippen LogP contribution in [0.5, 0.6) is 11.5 Å². The molecular formula is C20H31N3O4. The first-order valence-electron chi connectivity index (χ1n) is 9.47. The Morgan fingerprint density at radius 2 is 2.07 bits per heavy atom. The number of rotatable bonds is 7. The number of nitrogens with zero attached hydrogens (tertiary/aromatic N) is 1. The average Bonchev–Trinajstić information content (AvgIpc) is 2.65. The third-order valence-corrected chi connectivity index (χ3v) is 4.73. The molecule has 0 spiro atoms. The fourth-order valence-corrected chi connectivity index (χ4v) is 3.34. The average molecular weight is 377 g/mol. The lowest BCUT2D eigenvalue weighted by molar-refractivity contribution is -0.123. The van der Waals surface area contributed by atoms with E-state index in [1.165, 1.54) is 7.11 Å². The summed E-state index contributed by atoms with van der Waals surface area (Å²) >= 11 is 0. The van der Waals surface area contributed by atoms with E-state index in [0.717, 1.165) is 12.8 Å². The van der Waals surface area contributed by atoms with Crippen molar-refractivity contribution >= 4 is 11.8 Å². The van der Waals surface area contributed by atoms with Crippen LogP contribution in [0.15, 0.2) is 18.2 Å². The number of nitrogens with two attached hydrogens (primary N) is 1. The molecule has 27 heavy (non-hydrogen) atoms. The van der Waals surface area contributed by atoms with Crippen molar-refractivity contribution in [2.45, 2.75) is 45.7 Å². The van der Waals surface area contributed by atoms with Crippen LogP contribution in [-0.2, 0) is 4.79 Å². The second-order valence-corrected chi connectivity index (χ2v) is 7.39. The summed E-state index contributed by atoms with van der Waals surface area (Å²) in [6, 6.07) is 5.13. The molecule has 7 heteroatoms. The molecule has 0 saturated carbocycles. The van der Waals surface area contributed by atoms with Crippen molar-refractivity contribution in [3.63, 3.8) is 0 Å². The predicted molar refractivity (Wildman–Crippen MR) is 104 cm³/mol. The molecule has 7 nitrogen and oxygen atoms in total. The van der Waals surface area contributed by atoms with E-state index in [0.29, 0.717) is 36.1 Å². The first-order chi connectivity index (χ1) is 12.8. The lowest BCUT2D eigenvalue weighted by Crippen LogP contribution is -2.49. The molecule has 0 bridgehead atoms. The molecule has 1 fully saturated rings. The number of hydrogen-bond acceptors (Lipinski definition) is 5. The number of amides is 2. The van der Waals surface area contributed by atoms with E-state index >= 15 is 0 Å². The molecule has 3 N–H and O–H groups in total. The molecule has 2 unspecified atom stereocenters. The van der Waals surface area contributed by atoms with E-state index in [1.54, 1.807) is 18.2 Å². The maximum absolute atomic E-state index is 13.0. The zero-order valence-electron chi connectivity index (χ0n) is 16.7. The van der Waals surface area contributed by atoms with E-state index in [4.69, 9.17) is 15.2 Å². The second-order valence-electron chi connectivity index (χ2n) is 7.39. The van der Waals surface area contributed by atoms with Crippen LogP contribution < -0.4 is 20.5 Å². The third-order valence-electron chi connectivity index (χ3n) is 4.73. The van der Waals surface area contributed by atoms with Gasteiger partial charge in [0, 0.05) is 30.7 Å². The van der Waals surface area contributed by atoms with Crippen LogP contribution in [-0.4, -0.2) is 55.6 Å². The minimum atomic E-state index is -0.208. The number of carbonyl (C=O) groups excluding carboxylic acids is 2. The Morgan fingerprint density at radius 1 is 1.33 bits per heavy atom. The fraction of sp³-hybridized carbons (Fsp3) is 0.600. The molecule has 0 aromatic heterocycles. The number of likely N-dealkylation sites (tertiary alicyclic amines) is 1. The van der Waals surface area contributed by atoms with E-state index in [9.17, 15) is 9.59 Å². The quantitative estimate of drug-likeness (QED) is 0.756. The van der Waals surface area contributed by atoms with Crippen molar-refractivity contribution in [2.75, 3.05) is 26.8 Å². The van der Waals surface area contributed by atoms with Crippen LogP contribution in [0.4, 0.5) is 0 Å². The Hall–Kier alpha value is -2.28. The minimum absolute atomic E-state index is 0.0470. The summed E-state index contributed by atoms with van der Waals surface area (Å²) in [6.07, 6.45) is 1.90. The molecule has 1 aromatic carbocycles. The highest BCUT2D eigenvalue weighted by atomic mass is 16.5. The van der Waals surface area contributed by atoms with Gasteiger partial charge in [-0.1, -0.05) is 6.92 Å². The summed E-state index contributed by atoms with van der Waals surface area (Å²) in [7, 11) is 1.51. The first kappa shape index (κ1) is 21.0. The Labute approximate surface area is 161 Å². The standard InChI is InChI=1S/C20H31N3O4/c1-13(2)22-19(24)12-27-17-6-5-15(10-18(17)26-4)20(25)23-8-7-14(3)9-16(23)11-21/h5-6,10,13-14,16H,7-9,11-12,21H2,1-4H3,(H,22,24). The van der Waals surface area contributed by atoms with Gasteiger partial charge in [0.2, 0.25) is 0 Å².